The van der Waals surface area contributed by atoms with E-state index in [1.54, 1.807) is 12.1 Å². The van der Waals surface area contributed by atoms with Crippen LogP contribution in [0.1, 0.15) is 11.1 Å². The fraction of sp³-hybridized carbons (Fsp3) is 0.263. The van der Waals surface area contributed by atoms with Crippen molar-refractivity contribution in [2.45, 2.75) is 6.92 Å². The zero-order valence-corrected chi connectivity index (χ0v) is 17.8. The zero-order chi connectivity index (χ0) is 19.8. The fourth-order valence-corrected chi connectivity index (χ4v) is 3.04. The van der Waals surface area contributed by atoms with E-state index in [0.29, 0.717) is 22.8 Å². The summed E-state index contributed by atoms with van der Waals surface area (Å²) in [5.74, 6) is 1.27. The summed E-state index contributed by atoms with van der Waals surface area (Å²) >= 11 is 2.25. The molecule has 0 aliphatic heterocycles. The number of carbonyl (C=O) groups excluding carboxylic acids is 1. The average Bonchev–Trinajstić information content (AvgIpc) is 2.66. The van der Waals surface area contributed by atoms with Gasteiger partial charge in [0.1, 0.15) is 0 Å². The molecule has 0 saturated heterocycles. The van der Waals surface area contributed by atoms with Gasteiger partial charge in [-0.3, -0.25) is 4.79 Å². The van der Waals surface area contributed by atoms with Gasteiger partial charge in [-0.15, -0.1) is 0 Å². The number of amides is 1. The minimum Gasteiger partial charge on any atom is -0.493 e. The van der Waals surface area contributed by atoms with Crippen molar-refractivity contribution < 1.29 is 19.0 Å². The maximum Gasteiger partial charge on any atom is 0.259 e. The summed E-state index contributed by atoms with van der Waals surface area (Å²) in [5, 5.41) is 7.07. The molecule has 0 atom stereocenters. The average molecular weight is 483 g/mol. The number of halogens is 1. The second-order valence-corrected chi connectivity index (χ2v) is 6.81. The van der Waals surface area contributed by atoms with Gasteiger partial charge in [-0.2, -0.15) is 5.10 Å². The summed E-state index contributed by atoms with van der Waals surface area (Å²) in [5.41, 5.74) is 5.18. The summed E-state index contributed by atoms with van der Waals surface area (Å²) in [6, 6.07) is 9.46. The molecule has 0 bridgehead atoms. The van der Waals surface area contributed by atoms with E-state index in [-0.39, 0.29) is 12.5 Å². The standard InChI is InChI=1S/C19H22IN3O4/c1-12-7-14(20)5-6-15(12)21-11-18(24)23-22-10-13-8-16(25-2)19(27-4)17(9-13)26-3/h5-10,21H,11H2,1-4H3,(H,23,24). The first-order valence-corrected chi connectivity index (χ1v) is 9.18. The molecule has 2 rings (SSSR count). The highest BCUT2D eigenvalue weighted by Crippen LogP contribution is 2.37. The number of carbonyl (C=O) groups is 1. The van der Waals surface area contributed by atoms with Gasteiger partial charge in [-0.1, -0.05) is 0 Å². The van der Waals surface area contributed by atoms with E-state index in [1.165, 1.54) is 27.5 Å². The molecule has 2 aromatic rings. The van der Waals surface area contributed by atoms with Crippen LogP contribution in [0.2, 0.25) is 0 Å². The van der Waals surface area contributed by atoms with Crippen LogP contribution < -0.4 is 25.0 Å². The third kappa shape index (κ3) is 5.75. The molecule has 2 N–H and O–H groups in total. The van der Waals surface area contributed by atoms with Crippen LogP contribution in [0, 0.1) is 10.5 Å². The van der Waals surface area contributed by atoms with Crippen LogP contribution in [0.5, 0.6) is 17.2 Å². The molecule has 2 aromatic carbocycles. The van der Waals surface area contributed by atoms with Crippen molar-refractivity contribution in [3.05, 3.63) is 45.0 Å². The van der Waals surface area contributed by atoms with Crippen LogP contribution in [0.15, 0.2) is 35.4 Å². The van der Waals surface area contributed by atoms with E-state index in [1.807, 2.05) is 25.1 Å². The molecule has 7 nitrogen and oxygen atoms in total. The van der Waals surface area contributed by atoms with E-state index in [4.69, 9.17) is 14.2 Å². The van der Waals surface area contributed by atoms with Crippen molar-refractivity contribution in [2.75, 3.05) is 33.2 Å². The van der Waals surface area contributed by atoms with Gasteiger partial charge in [0, 0.05) is 14.8 Å². The quantitative estimate of drug-likeness (QED) is 0.343. The maximum atomic E-state index is 12.0. The SMILES string of the molecule is COc1cc(C=NNC(=O)CNc2ccc(I)cc2C)cc(OC)c1OC. The molecular weight excluding hydrogens is 461 g/mol. The summed E-state index contributed by atoms with van der Waals surface area (Å²) in [6.07, 6.45) is 1.51. The number of hydrazone groups is 1. The normalized spacial score (nSPS) is 10.6. The lowest BCUT2D eigenvalue weighted by atomic mass is 10.2. The molecule has 0 aliphatic carbocycles. The number of aryl methyl sites for hydroxylation is 1. The molecule has 0 spiro atoms. The largest absolute Gasteiger partial charge is 0.493 e. The Balaban J connectivity index is 1.97. The molecule has 8 heteroatoms. The number of methoxy groups -OCH3 is 3. The van der Waals surface area contributed by atoms with Crippen LogP contribution >= 0.6 is 22.6 Å². The Labute approximate surface area is 172 Å². The van der Waals surface area contributed by atoms with Crippen molar-refractivity contribution in [3.8, 4) is 17.2 Å². The van der Waals surface area contributed by atoms with E-state index in [2.05, 4.69) is 38.4 Å². The van der Waals surface area contributed by atoms with E-state index in [0.717, 1.165) is 14.8 Å². The van der Waals surface area contributed by atoms with Gasteiger partial charge < -0.3 is 19.5 Å². The first-order chi connectivity index (χ1) is 13.0. The van der Waals surface area contributed by atoms with Crippen molar-refractivity contribution in [3.63, 3.8) is 0 Å². The van der Waals surface area contributed by atoms with Gasteiger partial charge in [0.05, 0.1) is 34.1 Å². The molecule has 0 aromatic heterocycles. The molecule has 0 saturated carbocycles. The Bertz CT molecular complexity index is 815. The van der Waals surface area contributed by atoms with Crippen LogP contribution in [-0.4, -0.2) is 40.0 Å². The Morgan fingerprint density at radius 3 is 2.33 bits per heavy atom. The molecule has 27 heavy (non-hydrogen) atoms. The predicted molar refractivity (Wildman–Crippen MR) is 114 cm³/mol. The molecular formula is C19H22IN3O4. The predicted octanol–water partition coefficient (Wildman–Crippen LogP) is 3.19. The minimum atomic E-state index is -0.253. The van der Waals surface area contributed by atoms with Gasteiger partial charge in [-0.05, 0) is 65.4 Å². The van der Waals surface area contributed by atoms with Crippen molar-refractivity contribution in [2.24, 2.45) is 5.10 Å². The van der Waals surface area contributed by atoms with Crippen molar-refractivity contribution in [1.29, 1.82) is 0 Å². The number of rotatable bonds is 8. The summed E-state index contributed by atoms with van der Waals surface area (Å²) < 4.78 is 17.0. The number of ether oxygens (including phenoxy) is 3. The number of anilines is 1. The third-order valence-corrected chi connectivity index (χ3v) is 4.39. The number of hydrogen-bond acceptors (Lipinski definition) is 6. The van der Waals surface area contributed by atoms with Crippen LogP contribution in [0.4, 0.5) is 5.69 Å². The van der Waals surface area contributed by atoms with E-state index < -0.39 is 0 Å². The van der Waals surface area contributed by atoms with Crippen LogP contribution in [0.25, 0.3) is 0 Å². The van der Waals surface area contributed by atoms with Crippen molar-refractivity contribution in [1.82, 2.24) is 5.43 Å². The van der Waals surface area contributed by atoms with Crippen LogP contribution in [-0.2, 0) is 4.79 Å². The van der Waals surface area contributed by atoms with Gasteiger partial charge in [0.15, 0.2) is 11.5 Å². The molecule has 144 valence electrons. The highest BCUT2D eigenvalue weighted by Gasteiger charge is 2.12. The zero-order valence-electron chi connectivity index (χ0n) is 15.6. The topological polar surface area (TPSA) is 81.2 Å². The Morgan fingerprint density at radius 2 is 1.78 bits per heavy atom. The Hall–Kier alpha value is -2.49. The number of benzene rings is 2. The summed E-state index contributed by atoms with van der Waals surface area (Å²) in [7, 11) is 4.62. The fourth-order valence-electron chi connectivity index (χ4n) is 2.40. The van der Waals surface area contributed by atoms with Crippen molar-refractivity contribution >= 4 is 40.4 Å². The monoisotopic (exact) mass is 483 g/mol. The summed E-state index contributed by atoms with van der Waals surface area (Å²) in [6.45, 7) is 2.11. The number of nitrogens with zero attached hydrogens (tertiary/aromatic N) is 1. The second-order valence-electron chi connectivity index (χ2n) is 5.56. The molecule has 0 fully saturated rings. The lowest BCUT2D eigenvalue weighted by molar-refractivity contribution is -0.119. The van der Waals surface area contributed by atoms with Gasteiger partial charge in [0.25, 0.3) is 5.91 Å². The van der Waals surface area contributed by atoms with Gasteiger partial charge in [0.2, 0.25) is 5.75 Å². The molecule has 0 radical (unpaired) electrons. The smallest absolute Gasteiger partial charge is 0.259 e. The second kappa shape index (κ2) is 10.0. The lowest BCUT2D eigenvalue weighted by Gasteiger charge is -2.12. The van der Waals surface area contributed by atoms with Gasteiger partial charge in [-0.25, -0.2) is 5.43 Å². The lowest BCUT2D eigenvalue weighted by Crippen LogP contribution is -2.26. The first kappa shape index (κ1) is 20.8. The maximum absolute atomic E-state index is 12.0. The Kier molecular flexibility index (Phi) is 7.71. The molecule has 1 amide bonds. The molecule has 0 unspecified atom stereocenters. The molecule has 0 heterocycles. The highest BCUT2D eigenvalue weighted by atomic mass is 127. The highest BCUT2D eigenvalue weighted by molar-refractivity contribution is 14.1. The molecule has 0 aliphatic rings. The van der Waals surface area contributed by atoms with Gasteiger partial charge >= 0.3 is 0 Å². The third-order valence-electron chi connectivity index (χ3n) is 3.72. The Morgan fingerprint density at radius 1 is 1.11 bits per heavy atom. The summed E-state index contributed by atoms with van der Waals surface area (Å²) in [4.78, 5) is 12.0. The first-order valence-electron chi connectivity index (χ1n) is 8.10. The minimum absolute atomic E-state index is 0.119. The number of hydrogen-bond donors (Lipinski definition) is 2. The van der Waals surface area contributed by atoms with E-state index in [9.17, 15) is 4.79 Å². The van der Waals surface area contributed by atoms with E-state index >= 15 is 0 Å². The van der Waals surface area contributed by atoms with Crippen LogP contribution in [0.3, 0.4) is 0 Å². The number of nitrogens with one attached hydrogen (secondary N) is 2.